The summed E-state index contributed by atoms with van der Waals surface area (Å²) in [5.74, 6) is 1.28. The van der Waals surface area contributed by atoms with Crippen LogP contribution in [0.2, 0.25) is 0 Å². The van der Waals surface area contributed by atoms with Crippen LogP contribution in [0.4, 0.5) is 5.69 Å². The number of ether oxygens (including phenoxy) is 2. The molecule has 0 aromatic heterocycles. The van der Waals surface area contributed by atoms with Crippen molar-refractivity contribution < 1.29 is 14.3 Å². The lowest BCUT2D eigenvalue weighted by Crippen LogP contribution is -2.42. The first-order chi connectivity index (χ1) is 14.0. The van der Waals surface area contributed by atoms with Gasteiger partial charge in [0.15, 0.2) is 0 Å². The summed E-state index contributed by atoms with van der Waals surface area (Å²) in [7, 11) is 1.64. The van der Waals surface area contributed by atoms with E-state index < -0.39 is 5.41 Å². The molecule has 0 radical (unpaired) electrons. The maximum atomic E-state index is 13.5. The SMILES string of the molecule is COc1ccc(C2(C(=O)Nc3ccc(OC(C)C)c(C#N)c3)CCCCC2)cc1. The minimum atomic E-state index is -0.565. The maximum Gasteiger partial charge on any atom is 0.235 e. The van der Waals surface area contributed by atoms with E-state index >= 15 is 0 Å². The first kappa shape index (κ1) is 20.7. The number of nitrogens with zero attached hydrogens (tertiary/aromatic N) is 1. The van der Waals surface area contributed by atoms with E-state index in [2.05, 4.69) is 11.4 Å². The van der Waals surface area contributed by atoms with E-state index in [1.165, 1.54) is 0 Å². The van der Waals surface area contributed by atoms with Crippen LogP contribution in [0.15, 0.2) is 42.5 Å². The fraction of sp³-hybridized carbons (Fsp3) is 0.417. The van der Waals surface area contributed by atoms with Crippen LogP contribution in [0.25, 0.3) is 0 Å². The van der Waals surface area contributed by atoms with Crippen LogP contribution in [-0.2, 0) is 10.2 Å². The van der Waals surface area contributed by atoms with Gasteiger partial charge in [-0.2, -0.15) is 5.26 Å². The molecule has 1 amide bonds. The summed E-state index contributed by atoms with van der Waals surface area (Å²) in [4.78, 5) is 13.5. The van der Waals surface area contributed by atoms with Gasteiger partial charge in [0.25, 0.3) is 0 Å². The average molecular weight is 392 g/mol. The highest BCUT2D eigenvalue weighted by Crippen LogP contribution is 2.41. The van der Waals surface area contributed by atoms with Crippen molar-refractivity contribution in [3.63, 3.8) is 0 Å². The van der Waals surface area contributed by atoms with E-state index in [1.807, 2.05) is 38.1 Å². The number of carbonyl (C=O) groups excluding carboxylic acids is 1. The lowest BCUT2D eigenvalue weighted by Gasteiger charge is -2.36. The number of methoxy groups -OCH3 is 1. The molecule has 29 heavy (non-hydrogen) atoms. The zero-order valence-electron chi connectivity index (χ0n) is 17.3. The molecule has 1 fully saturated rings. The summed E-state index contributed by atoms with van der Waals surface area (Å²) in [6.07, 6.45) is 4.78. The van der Waals surface area contributed by atoms with Gasteiger partial charge in [0.05, 0.1) is 24.2 Å². The number of benzene rings is 2. The molecule has 1 N–H and O–H groups in total. The number of nitriles is 1. The molecule has 0 bridgehead atoms. The molecule has 1 aliphatic carbocycles. The molecule has 0 atom stereocenters. The van der Waals surface area contributed by atoms with Crippen molar-refractivity contribution in [2.75, 3.05) is 12.4 Å². The molecule has 0 heterocycles. The summed E-state index contributed by atoms with van der Waals surface area (Å²) in [5.41, 5.74) is 1.47. The number of carbonyl (C=O) groups is 1. The Bertz CT molecular complexity index is 891. The predicted octanol–water partition coefficient (Wildman–Crippen LogP) is 5.19. The summed E-state index contributed by atoms with van der Waals surface area (Å²) >= 11 is 0. The number of amides is 1. The van der Waals surface area contributed by atoms with Crippen molar-refractivity contribution in [2.24, 2.45) is 0 Å². The van der Waals surface area contributed by atoms with Crippen molar-refractivity contribution >= 4 is 11.6 Å². The van der Waals surface area contributed by atoms with E-state index in [-0.39, 0.29) is 12.0 Å². The van der Waals surface area contributed by atoms with Crippen LogP contribution < -0.4 is 14.8 Å². The zero-order valence-corrected chi connectivity index (χ0v) is 17.3. The second kappa shape index (κ2) is 9.00. The number of anilines is 1. The van der Waals surface area contributed by atoms with Gasteiger partial charge in [-0.25, -0.2) is 0 Å². The highest BCUT2D eigenvalue weighted by molar-refractivity contribution is 5.99. The molecule has 1 saturated carbocycles. The third-order valence-corrected chi connectivity index (χ3v) is 5.50. The quantitative estimate of drug-likeness (QED) is 0.734. The second-order valence-electron chi connectivity index (χ2n) is 7.81. The lowest BCUT2D eigenvalue weighted by atomic mass is 9.68. The fourth-order valence-corrected chi connectivity index (χ4v) is 4.01. The van der Waals surface area contributed by atoms with E-state index in [0.717, 1.165) is 43.4 Å². The molecular formula is C24H28N2O3. The Morgan fingerprint density at radius 3 is 2.38 bits per heavy atom. The Labute approximate surface area is 172 Å². The first-order valence-electron chi connectivity index (χ1n) is 10.2. The summed E-state index contributed by atoms with van der Waals surface area (Å²) in [6, 6.07) is 15.2. The van der Waals surface area contributed by atoms with Gasteiger partial charge >= 0.3 is 0 Å². The van der Waals surface area contributed by atoms with E-state index in [1.54, 1.807) is 25.3 Å². The first-order valence-corrected chi connectivity index (χ1v) is 10.2. The molecule has 0 spiro atoms. The van der Waals surface area contributed by atoms with Crippen molar-refractivity contribution in [1.82, 2.24) is 0 Å². The standard InChI is InChI=1S/C24H28N2O3/c1-17(2)29-22-12-9-20(15-18(22)16-25)26-23(27)24(13-5-4-6-14-24)19-7-10-21(28-3)11-8-19/h7-12,15,17H,4-6,13-14H2,1-3H3,(H,26,27). The lowest BCUT2D eigenvalue weighted by molar-refractivity contribution is -0.122. The molecule has 3 rings (SSSR count). The Hall–Kier alpha value is -3.00. The fourth-order valence-electron chi connectivity index (χ4n) is 4.01. The van der Waals surface area contributed by atoms with Gasteiger partial charge in [0, 0.05) is 5.69 Å². The molecule has 5 heteroatoms. The molecule has 2 aromatic carbocycles. The van der Waals surface area contributed by atoms with Crippen LogP contribution >= 0.6 is 0 Å². The largest absolute Gasteiger partial charge is 0.497 e. The number of nitrogens with one attached hydrogen (secondary N) is 1. The van der Waals surface area contributed by atoms with Crippen LogP contribution in [0, 0.1) is 11.3 Å². The van der Waals surface area contributed by atoms with Crippen molar-refractivity contribution in [2.45, 2.75) is 57.5 Å². The Morgan fingerprint density at radius 2 is 1.79 bits per heavy atom. The average Bonchev–Trinajstić information content (AvgIpc) is 2.75. The summed E-state index contributed by atoms with van der Waals surface area (Å²) < 4.78 is 10.9. The molecule has 5 nitrogen and oxygen atoms in total. The van der Waals surface area contributed by atoms with Crippen LogP contribution in [0.1, 0.15) is 57.1 Å². The van der Waals surface area contributed by atoms with Gasteiger partial charge in [0.2, 0.25) is 5.91 Å². The zero-order chi connectivity index (χ0) is 20.9. The molecule has 0 saturated heterocycles. The van der Waals surface area contributed by atoms with Crippen LogP contribution in [0.3, 0.4) is 0 Å². The third kappa shape index (κ3) is 4.54. The molecule has 0 unspecified atom stereocenters. The van der Waals surface area contributed by atoms with Gasteiger partial charge in [-0.3, -0.25) is 4.79 Å². The molecule has 152 valence electrons. The minimum Gasteiger partial charge on any atom is -0.497 e. The highest BCUT2D eigenvalue weighted by Gasteiger charge is 2.41. The Morgan fingerprint density at radius 1 is 1.10 bits per heavy atom. The van der Waals surface area contributed by atoms with Gasteiger partial charge in [-0.15, -0.1) is 0 Å². The van der Waals surface area contributed by atoms with Crippen molar-refractivity contribution in [3.05, 3.63) is 53.6 Å². The second-order valence-corrected chi connectivity index (χ2v) is 7.81. The highest BCUT2D eigenvalue weighted by atomic mass is 16.5. The van der Waals surface area contributed by atoms with Gasteiger partial charge in [-0.05, 0) is 62.6 Å². The van der Waals surface area contributed by atoms with Gasteiger partial charge in [-0.1, -0.05) is 31.4 Å². The molecule has 2 aromatic rings. The number of rotatable bonds is 6. The topological polar surface area (TPSA) is 71.3 Å². The molecular weight excluding hydrogens is 364 g/mol. The Kier molecular flexibility index (Phi) is 6.43. The van der Waals surface area contributed by atoms with Crippen molar-refractivity contribution in [1.29, 1.82) is 5.26 Å². The summed E-state index contributed by atoms with van der Waals surface area (Å²) in [5, 5.41) is 12.5. The van der Waals surface area contributed by atoms with Gasteiger partial charge in [0.1, 0.15) is 17.6 Å². The Balaban J connectivity index is 1.88. The van der Waals surface area contributed by atoms with E-state index in [4.69, 9.17) is 9.47 Å². The normalized spacial score (nSPS) is 15.4. The van der Waals surface area contributed by atoms with Gasteiger partial charge < -0.3 is 14.8 Å². The third-order valence-electron chi connectivity index (χ3n) is 5.50. The van der Waals surface area contributed by atoms with E-state index in [9.17, 15) is 10.1 Å². The summed E-state index contributed by atoms with van der Waals surface area (Å²) in [6.45, 7) is 3.83. The van der Waals surface area contributed by atoms with E-state index in [0.29, 0.717) is 17.0 Å². The van der Waals surface area contributed by atoms with Crippen LogP contribution in [-0.4, -0.2) is 19.1 Å². The predicted molar refractivity (Wildman–Crippen MR) is 113 cm³/mol. The van der Waals surface area contributed by atoms with Crippen LogP contribution in [0.5, 0.6) is 11.5 Å². The maximum absolute atomic E-state index is 13.5. The number of hydrogen-bond acceptors (Lipinski definition) is 4. The monoisotopic (exact) mass is 392 g/mol. The minimum absolute atomic E-state index is 0.0243. The van der Waals surface area contributed by atoms with Crippen molar-refractivity contribution in [3.8, 4) is 17.6 Å². The molecule has 0 aliphatic heterocycles. The molecule has 1 aliphatic rings. The smallest absolute Gasteiger partial charge is 0.235 e. The number of hydrogen-bond donors (Lipinski definition) is 1.